The van der Waals surface area contributed by atoms with Crippen LogP contribution in [0, 0.1) is 0 Å². The van der Waals surface area contributed by atoms with E-state index in [9.17, 15) is 47.9 Å². The summed E-state index contributed by atoms with van der Waals surface area (Å²) in [5.41, 5.74) is 13.1. The molecular weight excluding hydrogens is 1760 g/mol. The van der Waals surface area contributed by atoms with Crippen molar-refractivity contribution in [1.82, 2.24) is 22.8 Å². The topological polar surface area (TPSA) is 288 Å². The van der Waals surface area contributed by atoms with Gasteiger partial charge in [-0.2, -0.15) is 0 Å². The molecule has 0 aliphatic heterocycles. The Morgan fingerprint density at radius 3 is 0.734 bits per heavy atom. The molecule has 19 rings (SSSR count). The first-order chi connectivity index (χ1) is 67.5. The van der Waals surface area contributed by atoms with E-state index in [1.807, 2.05) is 235 Å². The first-order valence-corrected chi connectivity index (χ1v) is 45.9. The summed E-state index contributed by atoms with van der Waals surface area (Å²) in [7, 11) is 0. The number of nitrogens with zero attached hydrogens (tertiary/aromatic N) is 5. The highest BCUT2D eigenvalue weighted by Crippen LogP contribution is 2.42. The van der Waals surface area contributed by atoms with Crippen molar-refractivity contribution in [2.75, 3.05) is 34.0 Å². The highest BCUT2D eigenvalue weighted by molar-refractivity contribution is 5.91. The number of hydrogen-bond acceptors (Lipinski definition) is 20. The largest absolute Gasteiger partial charge is 0.457 e. The van der Waals surface area contributed by atoms with E-state index >= 15 is 0 Å². The van der Waals surface area contributed by atoms with Crippen molar-refractivity contribution in [2.45, 2.75) is 122 Å². The van der Waals surface area contributed by atoms with E-state index in [1.165, 1.54) is 0 Å². The molecule has 10 aromatic carbocycles. The van der Waals surface area contributed by atoms with Crippen LogP contribution in [0.2, 0.25) is 0 Å². The normalized spacial score (nSPS) is 13.0. The van der Waals surface area contributed by atoms with Crippen molar-refractivity contribution >= 4 is 84.4 Å². The summed E-state index contributed by atoms with van der Waals surface area (Å²) in [6.45, 7) is 23.4. The molecule has 0 spiro atoms. The number of para-hydroxylation sites is 5. The summed E-state index contributed by atoms with van der Waals surface area (Å²) in [5, 5.41) is 5.24. The molecule has 0 saturated heterocycles. The lowest BCUT2D eigenvalue weighted by molar-refractivity contribution is -0.146. The van der Waals surface area contributed by atoms with Crippen LogP contribution >= 0.6 is 0 Å². The molecule has 25 nitrogen and oxygen atoms in total. The number of carbonyl (C=O) groups is 5. The van der Waals surface area contributed by atoms with Gasteiger partial charge in [0.25, 0.3) is 27.8 Å². The lowest BCUT2D eigenvalue weighted by atomic mass is 10.0. The minimum atomic E-state index is -0.542. The molecule has 4 fully saturated rings. The third-order valence-electron chi connectivity index (χ3n) is 23.7. The molecule has 139 heavy (non-hydrogen) atoms. The zero-order valence-electron chi connectivity index (χ0n) is 77.6. The van der Waals surface area contributed by atoms with Crippen LogP contribution in [0.3, 0.4) is 0 Å². The molecule has 0 N–H and O–H groups in total. The fourth-order valence-electron chi connectivity index (χ4n) is 16.1. The Morgan fingerprint density at radius 1 is 0.309 bits per heavy atom. The van der Waals surface area contributed by atoms with Gasteiger partial charge in [0.15, 0.2) is 0 Å². The maximum Gasteiger partial charge on any atom is 0.335 e. The van der Waals surface area contributed by atoms with Crippen LogP contribution in [0.4, 0.5) is 0 Å². The van der Waals surface area contributed by atoms with Gasteiger partial charge in [-0.3, -0.25) is 24.0 Å². The summed E-state index contributed by atoms with van der Waals surface area (Å²) in [6.07, 6.45) is 13.5. The number of benzene rings is 10. The van der Waals surface area contributed by atoms with Crippen molar-refractivity contribution in [2.24, 2.45) is 0 Å². The summed E-state index contributed by atoms with van der Waals surface area (Å²) >= 11 is 0. The van der Waals surface area contributed by atoms with Gasteiger partial charge in [0.2, 0.25) is 34.0 Å². The number of ether oxygens (including phenoxy) is 10. The summed E-state index contributed by atoms with van der Waals surface area (Å²) < 4.78 is 60.8. The van der Waals surface area contributed by atoms with Crippen LogP contribution in [0.1, 0.15) is 122 Å². The fourth-order valence-corrected chi connectivity index (χ4v) is 16.1. The second-order valence-corrected chi connectivity index (χ2v) is 33.9. The van der Waals surface area contributed by atoms with E-state index in [0.29, 0.717) is 91.9 Å². The van der Waals surface area contributed by atoms with Crippen molar-refractivity contribution < 1.29 is 71.3 Å². The number of hydrogen-bond donors (Lipinski definition) is 0. The van der Waals surface area contributed by atoms with E-state index in [-0.39, 0.29) is 67.8 Å². The number of fused-ring (bicyclic) bond motifs is 5. The molecule has 4 saturated carbocycles. The van der Waals surface area contributed by atoms with Crippen molar-refractivity contribution in [3.05, 3.63) is 387 Å². The Bertz CT molecular complexity index is 7110. The molecule has 0 bridgehead atoms. The first-order valence-electron chi connectivity index (χ1n) is 45.9. The highest BCUT2D eigenvalue weighted by atomic mass is 16.7. The van der Waals surface area contributed by atoms with Crippen LogP contribution in [0.25, 0.3) is 110 Å². The minimum Gasteiger partial charge on any atom is -0.457 e. The SMILES string of the molecule is C=C(C)C(=O)OCOc1ccc(-c2cc3ccccc3n(C3CC3)c2=O)cc1.C=C(C)C(=O)OCOc1ccc(-c2cc3ccccc3n(C3CC3)c2=O)cc1.C=CC(=O)OCOc1ccc(-c2cc3ccccc3n(C(C)CCC)c2=O)cc1.C=CC(=O)OCOc1ccc(-c2cc3ccccc3n(C3CC3)c2=O)cc1.C=CC(=O)OCOc1ccc(-c2cc3ccccc3n(C3CC3)c2=O)cc1. The Labute approximate surface area is 801 Å². The third-order valence-corrected chi connectivity index (χ3v) is 23.7. The second kappa shape index (κ2) is 45.1. The maximum atomic E-state index is 13.3. The average molecular weight is 1870 g/mol. The first kappa shape index (κ1) is 96.9. The summed E-state index contributed by atoms with van der Waals surface area (Å²) in [4.78, 5) is 122. The lowest BCUT2D eigenvalue weighted by Gasteiger charge is -2.19. The number of carbonyl (C=O) groups excluding carboxylic acids is 5. The molecule has 4 aliphatic rings. The second-order valence-electron chi connectivity index (χ2n) is 33.9. The van der Waals surface area contributed by atoms with Crippen LogP contribution in [-0.4, -0.2) is 86.6 Å². The van der Waals surface area contributed by atoms with E-state index in [1.54, 1.807) is 74.5 Å². The molecule has 0 amide bonds. The van der Waals surface area contributed by atoms with Crippen LogP contribution in [0.15, 0.2) is 359 Å². The van der Waals surface area contributed by atoms with E-state index in [2.05, 4.69) is 46.7 Å². The zero-order chi connectivity index (χ0) is 97.8. The summed E-state index contributed by atoms with van der Waals surface area (Å²) in [6, 6.07) is 86.9. The van der Waals surface area contributed by atoms with Gasteiger partial charge in [-0.15, -0.1) is 0 Å². The van der Waals surface area contributed by atoms with E-state index in [4.69, 9.17) is 47.4 Å². The predicted octanol–water partition coefficient (Wildman–Crippen LogP) is 22.2. The Kier molecular flexibility index (Phi) is 31.4. The van der Waals surface area contributed by atoms with Crippen molar-refractivity contribution in [3.8, 4) is 84.4 Å². The van der Waals surface area contributed by atoms with Gasteiger partial charge in [-0.1, -0.05) is 198 Å². The highest BCUT2D eigenvalue weighted by Gasteiger charge is 2.32. The molecule has 4 aliphatic carbocycles. The van der Waals surface area contributed by atoms with Crippen molar-refractivity contribution in [3.63, 3.8) is 0 Å². The zero-order valence-corrected chi connectivity index (χ0v) is 77.6. The predicted molar refractivity (Wildman–Crippen MR) is 539 cm³/mol. The molecule has 1 atom stereocenters. The Morgan fingerprint density at radius 2 is 0.518 bits per heavy atom. The smallest absolute Gasteiger partial charge is 0.335 e. The van der Waals surface area contributed by atoms with Gasteiger partial charge < -0.3 is 70.2 Å². The molecule has 5 heterocycles. The number of rotatable bonds is 32. The van der Waals surface area contributed by atoms with E-state index < -0.39 is 29.8 Å². The quantitative estimate of drug-likeness (QED) is 0.0164. The molecule has 706 valence electrons. The molecular formula is C114H105N5O20. The van der Waals surface area contributed by atoms with Crippen LogP contribution in [-0.2, 0) is 47.7 Å². The minimum absolute atomic E-state index is 0.00164. The Hall–Kier alpha value is -16.7. The van der Waals surface area contributed by atoms with Crippen molar-refractivity contribution in [1.29, 1.82) is 0 Å². The van der Waals surface area contributed by atoms with Gasteiger partial charge >= 0.3 is 29.8 Å². The number of pyridine rings is 5. The number of aromatic nitrogens is 5. The fraction of sp³-hybridized carbons (Fsp3) is 0.211. The van der Waals surface area contributed by atoms with Gasteiger partial charge in [0, 0.05) is 87.4 Å². The molecule has 1 unspecified atom stereocenters. The van der Waals surface area contributed by atoms with E-state index in [0.717, 1.165) is 165 Å². The molecule has 5 aromatic heterocycles. The molecule has 15 aromatic rings. The van der Waals surface area contributed by atoms with Crippen LogP contribution in [0.5, 0.6) is 28.7 Å². The standard InChI is InChI=1S/C24H25NO4.2C23H21NO4.2C22H19NO4/c1-4-8-17(3)25-22-10-7-6-9-19(22)15-21(24(25)27)18-11-13-20(14-12-18)28-16-29-23(26)5-2;2*1-15(2)23(26)28-14-27-19-11-7-16(8-12-19)20-13-17-5-3-4-6-21(17)24(22(20)25)18-9-10-18;2*1-2-21(24)27-14-26-18-11-7-15(8-12-18)19-13-16-5-3-4-6-20(16)23(22(19)25)17-9-10-17/h5-7,9-15,17H,2,4,8,16H2,1,3H3;2*3-8,11-13,18H,1,9-10,14H2,2H3;2*2-8,11-13,17H,1,9-10,14H2. The average Bonchev–Trinajstić information content (AvgIpc) is 1.59. The summed E-state index contributed by atoms with van der Waals surface area (Å²) in [5.74, 6) is 0.167. The van der Waals surface area contributed by atoms with Gasteiger partial charge in [0.1, 0.15) is 28.7 Å². The Balaban J connectivity index is 0.000000132. The number of esters is 5. The van der Waals surface area contributed by atoms with Crippen LogP contribution < -0.4 is 51.5 Å². The lowest BCUT2D eigenvalue weighted by Crippen LogP contribution is -2.25. The van der Waals surface area contributed by atoms with Gasteiger partial charge in [-0.05, 0) is 255 Å². The molecule has 25 heteroatoms. The van der Waals surface area contributed by atoms with Gasteiger partial charge in [0.05, 0.1) is 27.6 Å². The van der Waals surface area contributed by atoms with Gasteiger partial charge in [-0.25, -0.2) is 24.0 Å². The maximum absolute atomic E-state index is 13.3. The third kappa shape index (κ3) is 24.2. The monoisotopic (exact) mass is 1860 g/mol. The molecule has 0 radical (unpaired) electrons.